The first-order valence-corrected chi connectivity index (χ1v) is 21.3. The number of nitrogen functional groups attached to an aromatic ring is 1. The minimum Gasteiger partial charge on any atom is -0.490 e. The highest BCUT2D eigenvalue weighted by Gasteiger charge is 2.28. The summed E-state index contributed by atoms with van der Waals surface area (Å²) >= 11 is 7.20. The van der Waals surface area contributed by atoms with Gasteiger partial charge in [0.05, 0.1) is 35.8 Å². The molecule has 0 fully saturated rings. The first-order chi connectivity index (χ1) is 30.2. The largest absolute Gasteiger partial charge is 0.490 e. The Balaban J connectivity index is 1.49. The highest BCUT2D eigenvalue weighted by Crippen LogP contribution is 2.42. The number of benzene rings is 2. The first-order valence-electron chi connectivity index (χ1n) is 20.0. The van der Waals surface area contributed by atoms with Gasteiger partial charge in [-0.15, -0.1) is 0 Å². The number of nitrogens with zero attached hydrogens (tertiary/aromatic N) is 4. The fourth-order valence-corrected chi connectivity index (χ4v) is 6.90. The van der Waals surface area contributed by atoms with E-state index in [0.717, 1.165) is 5.56 Å². The number of aromatic nitrogens is 2. The van der Waals surface area contributed by atoms with Gasteiger partial charge >= 0.3 is 11.9 Å². The molecule has 0 unspecified atom stereocenters. The molecule has 0 saturated heterocycles. The number of hydrogen-bond acceptors (Lipinski definition) is 17. The summed E-state index contributed by atoms with van der Waals surface area (Å²) in [6.07, 6.45) is 1.93. The molecule has 20 heteroatoms. The van der Waals surface area contributed by atoms with E-state index in [9.17, 15) is 24.4 Å². The third kappa shape index (κ3) is 14.5. The second-order valence-corrected chi connectivity index (χ2v) is 15.9. The number of nitrogens with two attached hydrogens (primary N) is 5. The molecule has 11 N–H and O–H groups in total. The van der Waals surface area contributed by atoms with Gasteiger partial charge in [-0.2, -0.15) is 5.26 Å². The average molecular weight is 903 g/mol. The van der Waals surface area contributed by atoms with E-state index in [0.29, 0.717) is 60.9 Å². The van der Waals surface area contributed by atoms with Crippen LogP contribution in [-0.4, -0.2) is 84.1 Å². The Morgan fingerprint density at radius 1 is 0.952 bits per heavy atom. The lowest BCUT2D eigenvalue weighted by molar-refractivity contribution is -0.164. The molecule has 0 radical (unpaired) electrons. The number of halogens is 1. The number of Topliss-reactive ketones (excluding diaryl/α,β-unsaturated/α-hetero) is 1. The number of oxazole rings is 1. The molecule has 1 amide bonds. The molecule has 5 atom stereocenters. The van der Waals surface area contributed by atoms with E-state index < -0.39 is 54.6 Å². The topological polar surface area (TPSA) is 305 Å². The molecule has 0 spiro atoms. The number of esters is 2. The number of ketones is 1. The van der Waals surface area contributed by atoms with Gasteiger partial charge in [-0.25, -0.2) is 19.6 Å². The summed E-state index contributed by atoms with van der Waals surface area (Å²) in [5.74, 6) is -2.44. The molecule has 63 heavy (non-hydrogen) atoms. The molecule has 0 aliphatic heterocycles. The number of hydrogen-bond donors (Lipinski definition) is 6. The molecule has 0 aliphatic carbocycles. The molecule has 2 aromatic heterocycles. The van der Waals surface area contributed by atoms with Crippen LogP contribution in [0.3, 0.4) is 0 Å². The molecule has 18 nitrogen and oxygen atoms in total. The van der Waals surface area contributed by atoms with Gasteiger partial charge in [0.15, 0.2) is 6.10 Å². The molecule has 2 heterocycles. The zero-order valence-electron chi connectivity index (χ0n) is 34.9. The number of pyridine rings is 1. The third-order valence-corrected chi connectivity index (χ3v) is 10.7. The molecule has 4 rings (SSSR count). The molecule has 334 valence electrons. The number of amides is 1. The maximum absolute atomic E-state index is 13.2. The van der Waals surface area contributed by atoms with Crippen LogP contribution in [0, 0.1) is 23.8 Å². The lowest BCUT2D eigenvalue weighted by Gasteiger charge is -2.23. The van der Waals surface area contributed by atoms with E-state index in [1.807, 2.05) is 0 Å². The average Bonchev–Trinajstić information content (AvgIpc) is 3.76. The van der Waals surface area contributed by atoms with Gasteiger partial charge in [0.1, 0.15) is 54.0 Å². The van der Waals surface area contributed by atoms with Gasteiger partial charge in [0.25, 0.3) is 0 Å². The summed E-state index contributed by atoms with van der Waals surface area (Å²) in [4.78, 5) is 63.7. The van der Waals surface area contributed by atoms with Crippen molar-refractivity contribution < 1.29 is 37.8 Å². The SMILES string of the molecule is [C-]#[N+]c1c(N)nc(SCc2coc(-c3ccc(Cl)cc3)n2)c(C#N)c1-c1ccc(OC[C@@H](COC(=O)[C@H](C)CC(=O)[C@@H](N)CCCN)OC(=O)[C@H](C)NC(=O)[C@@H](N)CCCN)cc1. The predicted molar refractivity (Wildman–Crippen MR) is 237 cm³/mol. The number of ether oxygens (including phenoxy) is 3. The standard InChI is InChI=1S/C43H51ClN10O8S/c1-24(18-35(55)33(48)6-4-16-45)42(57)61-22-31(62-43(58)25(2)52-39(56)34(49)7-5-17-46)21-59-30-14-10-26(11-15-30)36-32(19-47)41(54-38(50)37(36)51-3)63-23-29-20-60-40(53-29)27-8-12-28(44)13-9-27/h8-15,20,24-25,31,33-34H,4-7,16-18,21-23,45-46,48-49H2,1-2H3,(H2,50,54)(H,52,56)/t24-,25+,31+,33+,34+/m1/s1. The number of carbonyl (C=O) groups excluding carboxylic acids is 4. The van der Waals surface area contributed by atoms with Gasteiger partial charge in [-0.3, -0.25) is 14.4 Å². The predicted octanol–water partition coefficient (Wildman–Crippen LogP) is 4.42. The monoisotopic (exact) mass is 902 g/mol. The fourth-order valence-electron chi connectivity index (χ4n) is 5.90. The van der Waals surface area contributed by atoms with E-state index >= 15 is 0 Å². The van der Waals surface area contributed by atoms with E-state index in [2.05, 4.69) is 26.2 Å². The van der Waals surface area contributed by atoms with Gasteiger partial charge in [-0.1, -0.05) is 42.4 Å². The molecular weight excluding hydrogens is 852 g/mol. The van der Waals surface area contributed by atoms with Crippen molar-refractivity contribution in [2.75, 3.05) is 32.0 Å². The van der Waals surface area contributed by atoms with Crippen molar-refractivity contribution in [3.63, 3.8) is 0 Å². The summed E-state index contributed by atoms with van der Waals surface area (Å²) in [6, 6.07) is 12.8. The first kappa shape index (κ1) is 49.6. The number of nitrogens with one attached hydrogen (secondary N) is 1. The fraction of sp³-hybridized carbons (Fsp3) is 0.395. The van der Waals surface area contributed by atoms with Crippen molar-refractivity contribution in [2.24, 2.45) is 28.9 Å². The van der Waals surface area contributed by atoms with Crippen LogP contribution in [0.4, 0.5) is 11.5 Å². The van der Waals surface area contributed by atoms with Crippen LogP contribution in [0.15, 0.2) is 64.2 Å². The third-order valence-electron chi connectivity index (χ3n) is 9.47. The minimum atomic E-state index is -1.17. The van der Waals surface area contributed by atoms with Crippen molar-refractivity contribution >= 4 is 58.5 Å². The Bertz CT molecular complexity index is 2280. The quantitative estimate of drug-likeness (QED) is 0.0322. The summed E-state index contributed by atoms with van der Waals surface area (Å²) in [5.41, 5.74) is 31.3. The minimum absolute atomic E-state index is 0.0140. The lowest BCUT2D eigenvalue weighted by Crippen LogP contribution is -2.48. The van der Waals surface area contributed by atoms with Crippen LogP contribution < -0.4 is 38.7 Å². The highest BCUT2D eigenvalue weighted by molar-refractivity contribution is 7.98. The smallest absolute Gasteiger partial charge is 0.328 e. The van der Waals surface area contributed by atoms with Crippen LogP contribution in [0.5, 0.6) is 5.75 Å². The molecule has 2 aromatic carbocycles. The van der Waals surface area contributed by atoms with Gasteiger partial charge in [0.2, 0.25) is 17.5 Å². The Labute approximate surface area is 374 Å². The van der Waals surface area contributed by atoms with Gasteiger partial charge in [0, 0.05) is 28.3 Å². The van der Waals surface area contributed by atoms with E-state index in [1.165, 1.54) is 31.9 Å². The number of rotatable bonds is 24. The molecular formula is C43H51ClN10O8S. The van der Waals surface area contributed by atoms with E-state index in [-0.39, 0.29) is 58.0 Å². The maximum Gasteiger partial charge on any atom is 0.328 e. The zero-order chi connectivity index (χ0) is 46.1. The summed E-state index contributed by atoms with van der Waals surface area (Å²) < 4.78 is 22.7. The van der Waals surface area contributed by atoms with E-state index in [1.54, 1.807) is 48.5 Å². The van der Waals surface area contributed by atoms with Gasteiger partial charge < -0.3 is 52.6 Å². The number of carbonyl (C=O) groups is 4. The molecule has 0 aliphatic rings. The zero-order valence-corrected chi connectivity index (χ0v) is 36.5. The molecule has 4 aromatic rings. The van der Waals surface area contributed by atoms with Crippen molar-refractivity contribution in [1.29, 1.82) is 5.26 Å². The second kappa shape index (κ2) is 24.5. The van der Waals surface area contributed by atoms with Crippen molar-refractivity contribution in [2.45, 2.75) is 81.0 Å². The van der Waals surface area contributed by atoms with Crippen molar-refractivity contribution in [3.05, 3.63) is 82.5 Å². The Hall–Kier alpha value is -6.06. The summed E-state index contributed by atoms with van der Waals surface area (Å²) in [5, 5.41) is 13.7. The van der Waals surface area contributed by atoms with Crippen LogP contribution in [-0.2, 0) is 34.4 Å². The van der Waals surface area contributed by atoms with Crippen LogP contribution >= 0.6 is 23.4 Å². The lowest BCUT2D eigenvalue weighted by atomic mass is 9.98. The van der Waals surface area contributed by atoms with Crippen molar-refractivity contribution in [3.8, 4) is 34.4 Å². The van der Waals surface area contributed by atoms with Crippen LogP contribution in [0.2, 0.25) is 5.02 Å². The van der Waals surface area contributed by atoms with Crippen LogP contribution in [0.1, 0.15) is 57.2 Å². The van der Waals surface area contributed by atoms with Gasteiger partial charge in [-0.05, 0) is 87.7 Å². The second-order valence-electron chi connectivity index (χ2n) is 14.5. The summed E-state index contributed by atoms with van der Waals surface area (Å²) in [7, 11) is 0. The highest BCUT2D eigenvalue weighted by atomic mass is 35.5. The Kier molecular flexibility index (Phi) is 19.3. The number of thioether (sulfide) groups is 1. The van der Waals surface area contributed by atoms with Crippen molar-refractivity contribution in [1.82, 2.24) is 15.3 Å². The number of anilines is 1. The molecule has 0 bridgehead atoms. The van der Waals surface area contributed by atoms with Crippen LogP contribution in [0.25, 0.3) is 27.4 Å². The Morgan fingerprint density at radius 2 is 1.60 bits per heavy atom. The normalized spacial score (nSPS) is 13.3. The maximum atomic E-state index is 13.2. The van der Waals surface area contributed by atoms with E-state index in [4.69, 9.17) is 65.5 Å². The number of nitriles is 1. The molecule has 0 saturated carbocycles. The Morgan fingerprint density at radius 3 is 2.24 bits per heavy atom. The summed E-state index contributed by atoms with van der Waals surface area (Å²) in [6.45, 7) is 10.7.